The van der Waals surface area contributed by atoms with Gasteiger partial charge >= 0.3 is 0 Å². The Hall–Kier alpha value is -3.02. The van der Waals surface area contributed by atoms with Crippen molar-refractivity contribution in [3.8, 4) is 11.5 Å². The van der Waals surface area contributed by atoms with Gasteiger partial charge in [-0.05, 0) is 36.5 Å². The molecule has 6 heteroatoms. The highest BCUT2D eigenvalue weighted by Crippen LogP contribution is 2.37. The van der Waals surface area contributed by atoms with Crippen LogP contribution in [0.2, 0.25) is 0 Å². The Morgan fingerprint density at radius 2 is 1.75 bits per heavy atom. The number of hydrogen-bond acceptors (Lipinski definition) is 6. The molecule has 3 aromatic rings. The summed E-state index contributed by atoms with van der Waals surface area (Å²) in [5.41, 5.74) is 3.63. The molecule has 0 atom stereocenters. The zero-order valence-electron chi connectivity index (χ0n) is 16.2. The van der Waals surface area contributed by atoms with Gasteiger partial charge in [0.15, 0.2) is 11.5 Å². The van der Waals surface area contributed by atoms with Crippen molar-refractivity contribution in [2.75, 3.05) is 31.0 Å². The first-order valence-electron chi connectivity index (χ1n) is 9.77. The van der Waals surface area contributed by atoms with E-state index in [9.17, 15) is 0 Å². The molecule has 28 heavy (non-hydrogen) atoms. The Balaban J connectivity index is 1.59. The van der Waals surface area contributed by atoms with Gasteiger partial charge < -0.3 is 19.7 Å². The number of methoxy groups -OCH3 is 2. The molecule has 5 rings (SSSR count). The maximum absolute atomic E-state index is 5.49. The van der Waals surface area contributed by atoms with Crippen molar-refractivity contribution >= 4 is 22.7 Å². The van der Waals surface area contributed by atoms with E-state index in [1.165, 1.54) is 24.0 Å². The van der Waals surface area contributed by atoms with Crippen LogP contribution in [0.1, 0.15) is 24.0 Å². The van der Waals surface area contributed by atoms with Gasteiger partial charge in [0.2, 0.25) is 5.95 Å². The van der Waals surface area contributed by atoms with Gasteiger partial charge in [0.1, 0.15) is 5.82 Å². The summed E-state index contributed by atoms with van der Waals surface area (Å²) in [5, 5.41) is 4.54. The lowest BCUT2D eigenvalue weighted by Gasteiger charge is -2.29. The second kappa shape index (κ2) is 6.86. The van der Waals surface area contributed by atoms with Crippen LogP contribution in [0.4, 0.5) is 11.8 Å². The van der Waals surface area contributed by atoms with E-state index in [0.29, 0.717) is 17.5 Å². The van der Waals surface area contributed by atoms with E-state index in [4.69, 9.17) is 19.4 Å². The number of ether oxygens (including phenoxy) is 2. The van der Waals surface area contributed by atoms with Crippen LogP contribution < -0.4 is 19.7 Å². The fourth-order valence-electron chi connectivity index (χ4n) is 3.78. The van der Waals surface area contributed by atoms with Crippen LogP contribution in [0, 0.1) is 0 Å². The number of nitrogens with zero attached hydrogens (tertiary/aromatic N) is 3. The highest BCUT2D eigenvalue weighted by molar-refractivity contribution is 5.93. The van der Waals surface area contributed by atoms with Crippen LogP contribution >= 0.6 is 0 Å². The normalized spacial score (nSPS) is 16.0. The van der Waals surface area contributed by atoms with Crippen LogP contribution in [0.3, 0.4) is 0 Å². The summed E-state index contributed by atoms with van der Waals surface area (Å²) in [6, 6.07) is 13.0. The van der Waals surface area contributed by atoms with E-state index < -0.39 is 0 Å². The lowest BCUT2D eigenvalue weighted by Crippen LogP contribution is -2.32. The molecule has 0 unspecified atom stereocenters. The first-order chi connectivity index (χ1) is 13.7. The van der Waals surface area contributed by atoms with Gasteiger partial charge in [-0.25, -0.2) is 4.98 Å². The predicted molar refractivity (Wildman–Crippen MR) is 110 cm³/mol. The van der Waals surface area contributed by atoms with Crippen molar-refractivity contribution in [2.24, 2.45) is 0 Å². The minimum Gasteiger partial charge on any atom is -0.493 e. The molecular weight excluding hydrogens is 352 g/mol. The average Bonchev–Trinajstić information content (AvgIpc) is 3.56. The highest BCUT2D eigenvalue weighted by atomic mass is 16.5. The molecule has 1 saturated carbocycles. The van der Waals surface area contributed by atoms with Gasteiger partial charge in [-0.2, -0.15) is 4.98 Å². The number of nitrogens with one attached hydrogen (secondary N) is 1. The number of anilines is 2. The molecule has 6 nitrogen and oxygen atoms in total. The van der Waals surface area contributed by atoms with E-state index in [2.05, 4.69) is 34.5 Å². The zero-order chi connectivity index (χ0) is 19.1. The van der Waals surface area contributed by atoms with Crippen LogP contribution in [-0.2, 0) is 13.0 Å². The monoisotopic (exact) mass is 376 g/mol. The van der Waals surface area contributed by atoms with E-state index in [1.807, 2.05) is 12.1 Å². The molecule has 1 aromatic heterocycles. The van der Waals surface area contributed by atoms with Crippen LogP contribution in [-0.4, -0.2) is 36.8 Å². The van der Waals surface area contributed by atoms with E-state index in [1.54, 1.807) is 14.2 Å². The third-order valence-corrected chi connectivity index (χ3v) is 5.52. The summed E-state index contributed by atoms with van der Waals surface area (Å²) in [4.78, 5) is 12.1. The van der Waals surface area contributed by atoms with Gasteiger partial charge in [-0.3, -0.25) is 0 Å². The summed E-state index contributed by atoms with van der Waals surface area (Å²) in [6.45, 7) is 1.75. The van der Waals surface area contributed by atoms with Crippen molar-refractivity contribution in [2.45, 2.75) is 31.8 Å². The fourth-order valence-corrected chi connectivity index (χ4v) is 3.78. The SMILES string of the molecule is COc1cc2nc(N3CCc4ccccc4C3)nc(NC3CC3)c2cc1OC. The molecule has 0 bridgehead atoms. The molecule has 2 aliphatic rings. The van der Waals surface area contributed by atoms with Gasteiger partial charge in [-0.15, -0.1) is 0 Å². The Bertz CT molecular complexity index is 1030. The Labute approximate surface area is 164 Å². The van der Waals surface area contributed by atoms with Crippen molar-refractivity contribution < 1.29 is 9.47 Å². The summed E-state index contributed by atoms with van der Waals surface area (Å²) in [6.07, 6.45) is 3.38. The topological polar surface area (TPSA) is 59.5 Å². The van der Waals surface area contributed by atoms with Crippen LogP contribution in [0.25, 0.3) is 10.9 Å². The number of hydrogen-bond donors (Lipinski definition) is 1. The first-order valence-corrected chi connectivity index (χ1v) is 9.77. The van der Waals surface area contributed by atoms with Crippen molar-refractivity contribution in [1.82, 2.24) is 9.97 Å². The standard InChI is InChI=1S/C22H24N4O2/c1-27-19-11-17-18(12-20(19)28-2)24-22(25-21(17)23-16-7-8-16)26-10-9-14-5-3-4-6-15(14)13-26/h3-6,11-12,16H,7-10,13H2,1-2H3,(H,23,24,25). The second-order valence-corrected chi connectivity index (χ2v) is 7.46. The molecule has 1 aliphatic carbocycles. The highest BCUT2D eigenvalue weighted by Gasteiger charge is 2.25. The number of aromatic nitrogens is 2. The molecule has 0 spiro atoms. The predicted octanol–water partition coefficient (Wildman–Crippen LogP) is 3.78. The van der Waals surface area contributed by atoms with Gasteiger partial charge in [0.05, 0.1) is 19.7 Å². The molecular formula is C22H24N4O2. The second-order valence-electron chi connectivity index (χ2n) is 7.46. The minimum absolute atomic E-state index is 0.501. The van der Waals surface area contributed by atoms with Crippen LogP contribution in [0.5, 0.6) is 11.5 Å². The maximum Gasteiger partial charge on any atom is 0.228 e. The molecule has 0 radical (unpaired) electrons. The lowest BCUT2D eigenvalue weighted by atomic mass is 10.0. The molecule has 0 saturated heterocycles. The summed E-state index contributed by atoms with van der Waals surface area (Å²) >= 11 is 0. The smallest absolute Gasteiger partial charge is 0.228 e. The first kappa shape index (κ1) is 17.1. The Morgan fingerprint density at radius 3 is 2.50 bits per heavy atom. The molecule has 2 heterocycles. The third-order valence-electron chi connectivity index (χ3n) is 5.52. The minimum atomic E-state index is 0.501. The molecule has 0 amide bonds. The summed E-state index contributed by atoms with van der Waals surface area (Å²) < 4.78 is 11.0. The Morgan fingerprint density at radius 1 is 1.00 bits per heavy atom. The van der Waals surface area contributed by atoms with Crippen molar-refractivity contribution in [3.63, 3.8) is 0 Å². The third kappa shape index (κ3) is 3.09. The molecule has 144 valence electrons. The fraction of sp³-hybridized carbons (Fsp3) is 0.364. The number of fused-ring (bicyclic) bond motifs is 2. The zero-order valence-corrected chi connectivity index (χ0v) is 16.2. The number of rotatable bonds is 5. The lowest BCUT2D eigenvalue weighted by molar-refractivity contribution is 0.356. The van der Waals surface area contributed by atoms with Gasteiger partial charge in [0.25, 0.3) is 0 Å². The van der Waals surface area contributed by atoms with Gasteiger partial charge in [0, 0.05) is 30.6 Å². The van der Waals surface area contributed by atoms with Crippen LogP contribution in [0.15, 0.2) is 36.4 Å². The van der Waals surface area contributed by atoms with Crippen molar-refractivity contribution in [1.29, 1.82) is 0 Å². The average molecular weight is 376 g/mol. The van der Waals surface area contributed by atoms with E-state index >= 15 is 0 Å². The van der Waals surface area contributed by atoms with Crippen molar-refractivity contribution in [3.05, 3.63) is 47.5 Å². The largest absolute Gasteiger partial charge is 0.493 e. The van der Waals surface area contributed by atoms with Gasteiger partial charge in [-0.1, -0.05) is 24.3 Å². The quantitative estimate of drug-likeness (QED) is 0.731. The summed E-state index contributed by atoms with van der Waals surface area (Å²) in [7, 11) is 3.30. The molecule has 1 fully saturated rings. The molecule has 1 aliphatic heterocycles. The molecule has 1 N–H and O–H groups in total. The summed E-state index contributed by atoms with van der Waals surface area (Å²) in [5.74, 6) is 3.01. The maximum atomic E-state index is 5.49. The van der Waals surface area contributed by atoms with E-state index in [-0.39, 0.29) is 0 Å². The molecule has 2 aromatic carbocycles. The van der Waals surface area contributed by atoms with E-state index in [0.717, 1.165) is 42.2 Å². The Kier molecular flexibility index (Phi) is 4.19. The number of benzene rings is 2.